The van der Waals surface area contributed by atoms with E-state index in [1.807, 2.05) is 13.0 Å². The summed E-state index contributed by atoms with van der Waals surface area (Å²) in [7, 11) is 0. The highest BCUT2D eigenvalue weighted by Gasteiger charge is 2.02. The van der Waals surface area contributed by atoms with Crippen molar-refractivity contribution < 1.29 is 4.74 Å². The van der Waals surface area contributed by atoms with Gasteiger partial charge in [-0.3, -0.25) is 0 Å². The summed E-state index contributed by atoms with van der Waals surface area (Å²) in [6.45, 7) is 10.7. The SMILES string of the molecule is C=C(C)CCOc1ccc(CNCCC)cc1Br. The molecule has 1 rings (SSSR count). The van der Waals surface area contributed by atoms with Crippen LogP contribution in [-0.4, -0.2) is 13.2 Å². The Morgan fingerprint density at radius 1 is 1.44 bits per heavy atom. The van der Waals surface area contributed by atoms with Crippen LogP contribution in [0.1, 0.15) is 32.3 Å². The van der Waals surface area contributed by atoms with Crippen LogP contribution in [0.4, 0.5) is 0 Å². The summed E-state index contributed by atoms with van der Waals surface area (Å²) < 4.78 is 6.71. The zero-order chi connectivity index (χ0) is 13.4. The number of ether oxygens (including phenoxy) is 1. The van der Waals surface area contributed by atoms with Crippen molar-refractivity contribution in [1.82, 2.24) is 5.32 Å². The van der Waals surface area contributed by atoms with Gasteiger partial charge in [-0.2, -0.15) is 0 Å². The van der Waals surface area contributed by atoms with Gasteiger partial charge in [0.1, 0.15) is 5.75 Å². The number of hydrogen-bond acceptors (Lipinski definition) is 2. The maximum absolute atomic E-state index is 5.70. The fourth-order valence-electron chi connectivity index (χ4n) is 1.52. The molecule has 0 aliphatic rings. The van der Waals surface area contributed by atoms with Gasteiger partial charge in [0, 0.05) is 13.0 Å². The zero-order valence-electron chi connectivity index (χ0n) is 11.3. The average Bonchev–Trinajstić information content (AvgIpc) is 2.32. The van der Waals surface area contributed by atoms with Gasteiger partial charge in [-0.1, -0.05) is 18.6 Å². The van der Waals surface area contributed by atoms with E-state index in [0.717, 1.165) is 41.7 Å². The molecule has 0 unspecified atom stereocenters. The van der Waals surface area contributed by atoms with E-state index in [9.17, 15) is 0 Å². The Morgan fingerprint density at radius 2 is 2.22 bits per heavy atom. The lowest BCUT2D eigenvalue weighted by atomic mass is 10.2. The third-order valence-corrected chi connectivity index (χ3v) is 3.16. The average molecular weight is 312 g/mol. The third kappa shape index (κ3) is 5.69. The first-order valence-electron chi connectivity index (χ1n) is 6.39. The maximum atomic E-state index is 5.70. The Balaban J connectivity index is 2.48. The van der Waals surface area contributed by atoms with Crippen molar-refractivity contribution in [3.63, 3.8) is 0 Å². The minimum Gasteiger partial charge on any atom is -0.492 e. The first-order valence-corrected chi connectivity index (χ1v) is 7.19. The van der Waals surface area contributed by atoms with Crippen LogP contribution in [0.2, 0.25) is 0 Å². The van der Waals surface area contributed by atoms with Crippen LogP contribution in [0.3, 0.4) is 0 Å². The van der Waals surface area contributed by atoms with Crippen molar-refractivity contribution >= 4 is 15.9 Å². The highest BCUT2D eigenvalue weighted by atomic mass is 79.9. The summed E-state index contributed by atoms with van der Waals surface area (Å²) in [6, 6.07) is 6.23. The van der Waals surface area contributed by atoms with Gasteiger partial charge < -0.3 is 10.1 Å². The second-order valence-corrected chi connectivity index (χ2v) is 5.35. The summed E-state index contributed by atoms with van der Waals surface area (Å²) in [4.78, 5) is 0. The molecule has 2 nitrogen and oxygen atoms in total. The molecule has 0 saturated heterocycles. The van der Waals surface area contributed by atoms with Gasteiger partial charge in [0.25, 0.3) is 0 Å². The second-order valence-electron chi connectivity index (χ2n) is 4.50. The van der Waals surface area contributed by atoms with Crippen molar-refractivity contribution in [1.29, 1.82) is 0 Å². The van der Waals surface area contributed by atoms with E-state index in [-0.39, 0.29) is 0 Å². The molecule has 0 aliphatic heterocycles. The van der Waals surface area contributed by atoms with Crippen LogP contribution in [0.5, 0.6) is 5.75 Å². The normalized spacial score (nSPS) is 10.4. The summed E-state index contributed by atoms with van der Waals surface area (Å²) in [5.74, 6) is 0.899. The lowest BCUT2D eigenvalue weighted by molar-refractivity contribution is 0.319. The minimum absolute atomic E-state index is 0.682. The molecule has 0 bridgehead atoms. The number of halogens is 1. The predicted molar refractivity (Wildman–Crippen MR) is 81.1 cm³/mol. The summed E-state index contributed by atoms with van der Waals surface area (Å²) >= 11 is 3.55. The fourth-order valence-corrected chi connectivity index (χ4v) is 2.06. The number of benzene rings is 1. The molecule has 1 aromatic rings. The van der Waals surface area contributed by atoms with Gasteiger partial charge in [-0.15, -0.1) is 6.58 Å². The summed E-state index contributed by atoms with van der Waals surface area (Å²) in [5.41, 5.74) is 2.41. The largest absolute Gasteiger partial charge is 0.492 e. The van der Waals surface area contributed by atoms with Crippen LogP contribution in [0, 0.1) is 0 Å². The lowest BCUT2D eigenvalue weighted by Gasteiger charge is -2.10. The minimum atomic E-state index is 0.682. The summed E-state index contributed by atoms with van der Waals surface area (Å²) in [6.07, 6.45) is 2.05. The Labute approximate surface area is 119 Å². The molecule has 0 spiro atoms. The van der Waals surface area contributed by atoms with E-state index >= 15 is 0 Å². The van der Waals surface area contributed by atoms with Gasteiger partial charge >= 0.3 is 0 Å². The highest BCUT2D eigenvalue weighted by Crippen LogP contribution is 2.26. The molecule has 1 aromatic carbocycles. The molecule has 0 heterocycles. The quantitative estimate of drug-likeness (QED) is 0.571. The van der Waals surface area contributed by atoms with Gasteiger partial charge in [0.15, 0.2) is 0 Å². The molecule has 0 atom stereocenters. The van der Waals surface area contributed by atoms with Crippen molar-refractivity contribution in [2.75, 3.05) is 13.2 Å². The van der Waals surface area contributed by atoms with E-state index in [0.29, 0.717) is 6.61 Å². The van der Waals surface area contributed by atoms with Gasteiger partial charge in [0.2, 0.25) is 0 Å². The first-order chi connectivity index (χ1) is 8.63. The van der Waals surface area contributed by atoms with Gasteiger partial charge in [0.05, 0.1) is 11.1 Å². The van der Waals surface area contributed by atoms with Crippen molar-refractivity contribution in [3.8, 4) is 5.75 Å². The topological polar surface area (TPSA) is 21.3 Å². The number of rotatable bonds is 8. The van der Waals surface area contributed by atoms with Crippen LogP contribution < -0.4 is 10.1 Å². The lowest BCUT2D eigenvalue weighted by Crippen LogP contribution is -2.13. The monoisotopic (exact) mass is 311 g/mol. The molecule has 0 aromatic heterocycles. The van der Waals surface area contributed by atoms with Crippen molar-refractivity contribution in [2.45, 2.75) is 33.2 Å². The molecule has 0 amide bonds. The van der Waals surface area contributed by atoms with E-state index in [1.165, 1.54) is 5.56 Å². The van der Waals surface area contributed by atoms with E-state index in [2.05, 4.69) is 46.9 Å². The number of hydrogen-bond donors (Lipinski definition) is 1. The molecule has 0 saturated carbocycles. The highest BCUT2D eigenvalue weighted by molar-refractivity contribution is 9.10. The van der Waals surface area contributed by atoms with Crippen LogP contribution >= 0.6 is 15.9 Å². The van der Waals surface area contributed by atoms with E-state index < -0.39 is 0 Å². The van der Waals surface area contributed by atoms with Crippen molar-refractivity contribution in [2.24, 2.45) is 0 Å². The first kappa shape index (κ1) is 15.3. The molecule has 0 aliphatic carbocycles. The van der Waals surface area contributed by atoms with Crippen LogP contribution in [0.15, 0.2) is 34.8 Å². The molecular weight excluding hydrogens is 290 g/mol. The molecule has 18 heavy (non-hydrogen) atoms. The van der Waals surface area contributed by atoms with Gasteiger partial charge in [-0.25, -0.2) is 0 Å². The van der Waals surface area contributed by atoms with Crippen LogP contribution in [-0.2, 0) is 6.54 Å². The Bertz CT molecular complexity index is 390. The summed E-state index contributed by atoms with van der Waals surface area (Å²) in [5, 5.41) is 3.38. The van der Waals surface area contributed by atoms with E-state index in [1.54, 1.807) is 0 Å². The molecule has 100 valence electrons. The molecule has 1 N–H and O–H groups in total. The molecule has 3 heteroatoms. The molecular formula is C15H22BrNO. The van der Waals surface area contributed by atoms with Crippen LogP contribution in [0.25, 0.3) is 0 Å². The van der Waals surface area contributed by atoms with Crippen molar-refractivity contribution in [3.05, 3.63) is 40.4 Å². The number of nitrogens with one attached hydrogen (secondary N) is 1. The second kappa shape index (κ2) is 8.33. The standard InChI is InChI=1S/C15H22BrNO/c1-4-8-17-11-13-5-6-15(14(16)10-13)18-9-7-12(2)3/h5-6,10,17H,2,4,7-9,11H2,1,3H3. The Hall–Kier alpha value is -0.800. The van der Waals surface area contributed by atoms with Gasteiger partial charge in [-0.05, 0) is 53.5 Å². The predicted octanol–water partition coefficient (Wildman–Crippen LogP) is 4.29. The third-order valence-electron chi connectivity index (χ3n) is 2.54. The molecule has 0 radical (unpaired) electrons. The Morgan fingerprint density at radius 3 is 2.83 bits per heavy atom. The fraction of sp³-hybridized carbons (Fsp3) is 0.467. The zero-order valence-corrected chi connectivity index (χ0v) is 12.8. The smallest absolute Gasteiger partial charge is 0.133 e. The Kier molecular flexibility index (Phi) is 7.06. The van der Waals surface area contributed by atoms with E-state index in [4.69, 9.17) is 4.74 Å². The molecule has 0 fully saturated rings. The maximum Gasteiger partial charge on any atom is 0.133 e.